The lowest BCUT2D eigenvalue weighted by Gasteiger charge is -2.57. The number of ether oxygens (including phenoxy) is 1. The van der Waals surface area contributed by atoms with E-state index in [-0.39, 0.29) is 23.2 Å². The molecule has 0 spiro atoms. The van der Waals surface area contributed by atoms with E-state index in [1.807, 2.05) is 0 Å². The summed E-state index contributed by atoms with van der Waals surface area (Å²) >= 11 is 0. The van der Waals surface area contributed by atoms with E-state index in [1.54, 1.807) is 0 Å². The summed E-state index contributed by atoms with van der Waals surface area (Å²) < 4.78 is 4.75. The summed E-state index contributed by atoms with van der Waals surface area (Å²) in [6.45, 7) is 6.51. The third-order valence-corrected chi connectivity index (χ3v) is 6.77. The minimum atomic E-state index is -1.33. The molecule has 5 unspecified atom stereocenters. The van der Waals surface area contributed by atoms with Crippen LogP contribution < -0.4 is 0 Å². The summed E-state index contributed by atoms with van der Waals surface area (Å²) in [5.41, 5.74) is -2.54. The molecule has 0 radical (unpaired) electrons. The first-order valence-electron chi connectivity index (χ1n) is 7.61. The van der Waals surface area contributed by atoms with Crippen LogP contribution >= 0.6 is 0 Å². The molecular weight excluding hydrogens is 256 g/mol. The zero-order valence-corrected chi connectivity index (χ0v) is 12.9. The Kier molecular flexibility index (Phi) is 2.70. The fourth-order valence-corrected chi connectivity index (χ4v) is 5.56. The molecule has 3 fully saturated rings. The summed E-state index contributed by atoms with van der Waals surface area (Å²) in [6.07, 6.45) is 3.31. The number of methoxy groups -OCH3 is 1. The van der Waals surface area contributed by atoms with Crippen molar-refractivity contribution in [2.45, 2.75) is 64.1 Å². The van der Waals surface area contributed by atoms with Crippen molar-refractivity contribution in [1.82, 2.24) is 0 Å². The monoisotopic (exact) mass is 282 g/mol. The van der Waals surface area contributed by atoms with Crippen LogP contribution in [0.2, 0.25) is 0 Å². The average Bonchev–Trinajstić information content (AvgIpc) is 2.74. The average molecular weight is 282 g/mol. The molecular formula is C16H26O4. The molecule has 0 heterocycles. The summed E-state index contributed by atoms with van der Waals surface area (Å²) in [5.74, 6) is -0.138. The number of esters is 1. The molecule has 0 bridgehead atoms. The van der Waals surface area contributed by atoms with Crippen molar-refractivity contribution in [3.63, 3.8) is 0 Å². The maximum atomic E-state index is 11.8. The number of carbonyl (C=O) groups excluding carboxylic acids is 1. The molecule has 0 aromatic heterocycles. The molecule has 0 aliphatic heterocycles. The Morgan fingerprint density at radius 3 is 2.25 bits per heavy atom. The molecule has 20 heavy (non-hydrogen) atoms. The molecule has 4 nitrogen and oxygen atoms in total. The predicted octanol–water partition coefficient (Wildman–Crippen LogP) is 1.88. The van der Waals surface area contributed by atoms with E-state index < -0.39 is 17.2 Å². The van der Waals surface area contributed by atoms with Gasteiger partial charge in [0.25, 0.3) is 0 Å². The highest BCUT2D eigenvalue weighted by Crippen LogP contribution is 2.75. The van der Waals surface area contributed by atoms with Gasteiger partial charge in [0.05, 0.1) is 19.1 Å². The number of carbonyl (C=O) groups is 1. The minimum absolute atomic E-state index is 0.00546. The molecule has 5 atom stereocenters. The van der Waals surface area contributed by atoms with Gasteiger partial charge in [0.1, 0.15) is 5.60 Å². The number of fused-ring (bicyclic) bond motifs is 3. The van der Waals surface area contributed by atoms with Crippen molar-refractivity contribution in [3.05, 3.63) is 0 Å². The maximum Gasteiger partial charge on any atom is 0.308 e. The van der Waals surface area contributed by atoms with Gasteiger partial charge < -0.3 is 14.9 Å². The molecule has 3 saturated carbocycles. The van der Waals surface area contributed by atoms with E-state index in [0.29, 0.717) is 12.3 Å². The summed E-state index contributed by atoms with van der Waals surface area (Å²) in [5, 5.41) is 22.3. The van der Waals surface area contributed by atoms with Gasteiger partial charge in [0.2, 0.25) is 0 Å². The summed E-state index contributed by atoms with van der Waals surface area (Å²) in [7, 11) is 1.33. The quantitative estimate of drug-likeness (QED) is 0.759. The smallest absolute Gasteiger partial charge is 0.308 e. The van der Waals surface area contributed by atoms with Crippen LogP contribution in [0.1, 0.15) is 52.9 Å². The van der Waals surface area contributed by atoms with E-state index in [0.717, 1.165) is 19.3 Å². The lowest BCUT2D eigenvalue weighted by molar-refractivity contribution is -0.245. The Balaban J connectivity index is 2.02. The standard InChI is InChI=1S/C16H26O4/c1-13(2)7-10-11(8-13)15(18,9-12(17)20-4)16(19)6-5-14(10,16)3/h10-11,18-19H,5-9H2,1-4H3. The molecule has 0 aromatic carbocycles. The fourth-order valence-electron chi connectivity index (χ4n) is 5.56. The van der Waals surface area contributed by atoms with Crippen molar-refractivity contribution < 1.29 is 19.7 Å². The van der Waals surface area contributed by atoms with Crippen LogP contribution in [0.25, 0.3) is 0 Å². The van der Waals surface area contributed by atoms with Crippen LogP contribution in [-0.4, -0.2) is 34.5 Å². The summed E-state index contributed by atoms with van der Waals surface area (Å²) in [6, 6.07) is 0. The zero-order chi connectivity index (χ0) is 15.0. The van der Waals surface area contributed by atoms with Gasteiger partial charge in [-0.1, -0.05) is 20.8 Å². The normalized spacial score (nSPS) is 52.1. The Hall–Kier alpha value is -0.610. The molecule has 3 aliphatic rings. The minimum Gasteiger partial charge on any atom is -0.469 e. The molecule has 3 rings (SSSR count). The second-order valence-electron chi connectivity index (χ2n) is 8.24. The largest absolute Gasteiger partial charge is 0.469 e. The highest BCUT2D eigenvalue weighted by Gasteiger charge is 2.79. The summed E-state index contributed by atoms with van der Waals surface area (Å²) in [4.78, 5) is 11.8. The topological polar surface area (TPSA) is 66.8 Å². The first-order valence-corrected chi connectivity index (χ1v) is 7.61. The number of hydrogen-bond acceptors (Lipinski definition) is 4. The van der Waals surface area contributed by atoms with Gasteiger partial charge in [-0.15, -0.1) is 0 Å². The lowest BCUT2D eigenvalue weighted by atomic mass is 9.52. The molecule has 0 aromatic rings. The van der Waals surface area contributed by atoms with Crippen molar-refractivity contribution >= 4 is 5.97 Å². The maximum absolute atomic E-state index is 11.8. The first-order chi connectivity index (χ1) is 9.10. The van der Waals surface area contributed by atoms with Crippen molar-refractivity contribution in [3.8, 4) is 0 Å². The van der Waals surface area contributed by atoms with Gasteiger partial charge in [-0.25, -0.2) is 0 Å². The fraction of sp³-hybridized carbons (Fsp3) is 0.938. The molecule has 2 N–H and O–H groups in total. The van der Waals surface area contributed by atoms with E-state index in [4.69, 9.17) is 4.74 Å². The second kappa shape index (κ2) is 3.77. The van der Waals surface area contributed by atoms with Crippen LogP contribution in [0.4, 0.5) is 0 Å². The van der Waals surface area contributed by atoms with Gasteiger partial charge in [-0.05, 0) is 42.9 Å². The van der Waals surface area contributed by atoms with Gasteiger partial charge >= 0.3 is 5.97 Å². The van der Waals surface area contributed by atoms with Crippen molar-refractivity contribution in [2.24, 2.45) is 22.7 Å². The van der Waals surface area contributed by atoms with Crippen LogP contribution in [0, 0.1) is 22.7 Å². The van der Waals surface area contributed by atoms with Gasteiger partial charge in [0.15, 0.2) is 0 Å². The van der Waals surface area contributed by atoms with Crippen LogP contribution in [0.15, 0.2) is 0 Å². The number of hydrogen-bond donors (Lipinski definition) is 2. The Labute approximate surface area is 120 Å². The first kappa shape index (κ1) is 14.3. The molecule has 0 saturated heterocycles. The van der Waals surface area contributed by atoms with E-state index in [2.05, 4.69) is 20.8 Å². The Bertz CT molecular complexity index is 459. The van der Waals surface area contributed by atoms with Gasteiger partial charge in [0, 0.05) is 5.41 Å². The van der Waals surface area contributed by atoms with E-state index >= 15 is 0 Å². The third kappa shape index (κ3) is 1.42. The molecule has 4 heteroatoms. The highest BCUT2D eigenvalue weighted by molar-refractivity contribution is 5.71. The van der Waals surface area contributed by atoms with Gasteiger partial charge in [-0.2, -0.15) is 0 Å². The van der Waals surface area contributed by atoms with Crippen LogP contribution in [0.5, 0.6) is 0 Å². The molecule has 0 amide bonds. The SMILES string of the molecule is COC(=O)CC1(O)C2CC(C)(C)CC2C2(C)CCC21O. The van der Waals surface area contributed by atoms with Crippen molar-refractivity contribution in [2.75, 3.05) is 7.11 Å². The van der Waals surface area contributed by atoms with Gasteiger partial charge in [-0.3, -0.25) is 4.79 Å². The van der Waals surface area contributed by atoms with E-state index in [9.17, 15) is 15.0 Å². The van der Waals surface area contributed by atoms with E-state index in [1.165, 1.54) is 7.11 Å². The Morgan fingerprint density at radius 2 is 1.75 bits per heavy atom. The van der Waals surface area contributed by atoms with Crippen molar-refractivity contribution in [1.29, 1.82) is 0 Å². The molecule has 3 aliphatic carbocycles. The Morgan fingerprint density at radius 1 is 1.15 bits per heavy atom. The van der Waals surface area contributed by atoms with Crippen LogP contribution in [0.3, 0.4) is 0 Å². The number of aliphatic hydroxyl groups is 2. The highest BCUT2D eigenvalue weighted by atomic mass is 16.5. The third-order valence-electron chi connectivity index (χ3n) is 6.77. The van der Waals surface area contributed by atoms with Crippen LogP contribution in [-0.2, 0) is 9.53 Å². The predicted molar refractivity (Wildman–Crippen MR) is 73.9 cm³/mol. The lowest BCUT2D eigenvalue weighted by Crippen LogP contribution is -2.66. The number of rotatable bonds is 2. The second-order valence-corrected chi connectivity index (χ2v) is 8.24. The molecule has 114 valence electrons. The zero-order valence-electron chi connectivity index (χ0n) is 12.9.